The number of fused-ring (bicyclic) bond motifs is 1. The molecule has 11 heteroatoms. The largest absolute Gasteiger partial charge is 0.491 e. The molecule has 0 bridgehead atoms. The number of aromatic amines is 1. The lowest BCUT2D eigenvalue weighted by Crippen LogP contribution is -2.33. The molecule has 2 amide bonds. The zero-order chi connectivity index (χ0) is 28.0. The van der Waals surface area contributed by atoms with Gasteiger partial charge in [-0.1, -0.05) is 44.5 Å². The number of hydrogen-bond donors (Lipinski definition) is 3. The Kier molecular flexibility index (Phi) is 8.61. The van der Waals surface area contributed by atoms with Crippen LogP contribution < -0.4 is 15.4 Å². The molecule has 4 aromatic rings. The molecule has 210 valence electrons. The number of benzene rings is 1. The third-order valence-corrected chi connectivity index (χ3v) is 7.50. The summed E-state index contributed by atoms with van der Waals surface area (Å²) in [7, 11) is 0. The van der Waals surface area contributed by atoms with E-state index >= 15 is 0 Å². The van der Waals surface area contributed by atoms with E-state index in [4.69, 9.17) is 9.26 Å². The number of hydrogen-bond acceptors (Lipinski definition) is 8. The van der Waals surface area contributed by atoms with Crippen LogP contribution in [0.2, 0.25) is 0 Å². The Morgan fingerprint density at radius 1 is 1.10 bits per heavy atom. The highest BCUT2D eigenvalue weighted by Crippen LogP contribution is 2.26. The van der Waals surface area contributed by atoms with E-state index in [0.29, 0.717) is 29.5 Å². The SMILES string of the molecule is CC(C)(C)c1cc(NC(=O)Nc2ccc(-c3csc4cc(OCCN5CCCCC5)cnc4nc[nH]3)cc2)no1. The van der Waals surface area contributed by atoms with Gasteiger partial charge in [-0.05, 0) is 43.6 Å². The zero-order valence-corrected chi connectivity index (χ0v) is 23.9. The molecule has 10 nitrogen and oxygen atoms in total. The minimum atomic E-state index is -0.398. The maximum absolute atomic E-state index is 12.4. The average molecular weight is 562 g/mol. The van der Waals surface area contributed by atoms with Gasteiger partial charge in [-0.15, -0.1) is 11.3 Å². The van der Waals surface area contributed by atoms with Gasteiger partial charge < -0.3 is 19.6 Å². The lowest BCUT2D eigenvalue weighted by Gasteiger charge is -2.26. The van der Waals surface area contributed by atoms with Crippen LogP contribution in [0.4, 0.5) is 16.3 Å². The molecule has 5 rings (SSSR count). The van der Waals surface area contributed by atoms with Crippen molar-refractivity contribution in [2.75, 3.05) is 36.9 Å². The first-order valence-corrected chi connectivity index (χ1v) is 14.4. The number of carbonyl (C=O) groups excluding carboxylic acids is 1. The summed E-state index contributed by atoms with van der Waals surface area (Å²) in [5.41, 5.74) is 2.92. The molecule has 3 N–H and O–H groups in total. The van der Waals surface area contributed by atoms with E-state index in [0.717, 1.165) is 41.3 Å². The number of piperidine rings is 1. The number of carbonyl (C=O) groups is 1. The Morgan fingerprint density at radius 2 is 1.90 bits per heavy atom. The molecule has 0 aliphatic carbocycles. The number of nitrogens with one attached hydrogen (secondary N) is 3. The van der Waals surface area contributed by atoms with Crippen LogP contribution in [-0.4, -0.2) is 57.3 Å². The lowest BCUT2D eigenvalue weighted by atomic mass is 9.93. The van der Waals surface area contributed by atoms with Crippen molar-refractivity contribution >= 4 is 39.2 Å². The second-order valence-electron chi connectivity index (χ2n) is 10.8. The normalized spacial score (nSPS) is 14.1. The summed E-state index contributed by atoms with van der Waals surface area (Å²) < 4.78 is 12.2. The molecule has 40 heavy (non-hydrogen) atoms. The first-order chi connectivity index (χ1) is 19.3. The van der Waals surface area contributed by atoms with Gasteiger partial charge in [0.2, 0.25) is 0 Å². The predicted molar refractivity (Wildman–Crippen MR) is 158 cm³/mol. The van der Waals surface area contributed by atoms with Gasteiger partial charge in [0.1, 0.15) is 18.1 Å². The van der Waals surface area contributed by atoms with Crippen LogP contribution in [0, 0.1) is 0 Å². The monoisotopic (exact) mass is 561 g/mol. The van der Waals surface area contributed by atoms with Gasteiger partial charge in [0.05, 0.1) is 22.9 Å². The molecule has 0 unspecified atom stereocenters. The number of pyridine rings is 1. The summed E-state index contributed by atoms with van der Waals surface area (Å²) in [6.07, 6.45) is 7.24. The average Bonchev–Trinajstić information content (AvgIpc) is 3.40. The Labute approximate surface area is 237 Å². The van der Waals surface area contributed by atoms with Crippen LogP contribution >= 0.6 is 11.3 Å². The maximum atomic E-state index is 12.4. The second kappa shape index (κ2) is 12.5. The highest BCUT2D eigenvalue weighted by Gasteiger charge is 2.20. The number of rotatable bonds is 7. The fourth-order valence-corrected chi connectivity index (χ4v) is 5.17. The molecule has 1 aliphatic heterocycles. The van der Waals surface area contributed by atoms with Crippen LogP contribution in [0.25, 0.3) is 21.6 Å². The number of likely N-dealkylation sites (tertiary alicyclic amines) is 1. The van der Waals surface area contributed by atoms with E-state index in [1.54, 1.807) is 18.6 Å². The molecule has 0 atom stereocenters. The summed E-state index contributed by atoms with van der Waals surface area (Å²) >= 11 is 1.53. The fourth-order valence-electron chi connectivity index (χ4n) is 4.33. The molecular weight excluding hydrogens is 526 g/mol. The Morgan fingerprint density at radius 3 is 2.65 bits per heavy atom. The quantitative estimate of drug-likeness (QED) is 0.232. The van der Waals surface area contributed by atoms with Crippen LogP contribution in [-0.2, 0) is 5.41 Å². The third kappa shape index (κ3) is 7.36. The summed E-state index contributed by atoms with van der Waals surface area (Å²) in [5.74, 6) is 1.81. The number of nitrogens with zero attached hydrogens (tertiary/aromatic N) is 4. The summed E-state index contributed by atoms with van der Waals surface area (Å²) in [6, 6.07) is 10.9. The van der Waals surface area contributed by atoms with E-state index in [2.05, 4.69) is 35.6 Å². The van der Waals surface area contributed by atoms with E-state index in [9.17, 15) is 4.79 Å². The molecule has 1 saturated heterocycles. The zero-order valence-electron chi connectivity index (χ0n) is 23.1. The molecule has 4 heterocycles. The van der Waals surface area contributed by atoms with Gasteiger partial charge in [-0.3, -0.25) is 10.2 Å². The van der Waals surface area contributed by atoms with Crippen molar-refractivity contribution in [1.82, 2.24) is 25.0 Å². The number of urea groups is 1. The number of anilines is 2. The lowest BCUT2D eigenvalue weighted by molar-refractivity contribution is 0.183. The van der Waals surface area contributed by atoms with Gasteiger partial charge in [0.15, 0.2) is 11.5 Å². The van der Waals surface area contributed by atoms with Gasteiger partial charge in [0, 0.05) is 35.2 Å². The standard InChI is InChI=1S/C29H35N7O3S/c1-29(2,3)25-16-26(35-39-25)34-28(37)33-21-9-7-20(8-10-21)23-18-40-24-15-22(17-30-27(24)32-19-31-23)38-14-13-36-11-5-4-6-12-36/h7-10,15-19H,4-6,11-14H2,1-3H3,(H,30,31,32)(H2,33,34,35,37). The van der Waals surface area contributed by atoms with Gasteiger partial charge in [-0.25, -0.2) is 14.8 Å². The summed E-state index contributed by atoms with van der Waals surface area (Å²) in [5, 5.41) is 11.5. The fraction of sp³-hybridized carbons (Fsp3) is 0.379. The van der Waals surface area contributed by atoms with Gasteiger partial charge >= 0.3 is 6.03 Å². The molecule has 0 spiro atoms. The predicted octanol–water partition coefficient (Wildman–Crippen LogP) is 6.61. The highest BCUT2D eigenvalue weighted by molar-refractivity contribution is 7.16. The van der Waals surface area contributed by atoms with Crippen molar-refractivity contribution in [1.29, 1.82) is 0 Å². The van der Waals surface area contributed by atoms with Crippen molar-refractivity contribution in [2.45, 2.75) is 45.4 Å². The van der Waals surface area contributed by atoms with E-state index in [-0.39, 0.29) is 5.41 Å². The van der Waals surface area contributed by atoms with E-state index < -0.39 is 6.03 Å². The molecule has 1 aromatic carbocycles. The first-order valence-electron chi connectivity index (χ1n) is 13.5. The second-order valence-corrected chi connectivity index (χ2v) is 11.7. The number of aromatic nitrogens is 4. The van der Waals surface area contributed by atoms with Gasteiger partial charge in [0.25, 0.3) is 0 Å². The van der Waals surface area contributed by atoms with Crippen molar-refractivity contribution < 1.29 is 14.1 Å². The summed E-state index contributed by atoms with van der Waals surface area (Å²) in [6.45, 7) is 9.94. The van der Waals surface area contributed by atoms with Crippen molar-refractivity contribution in [3.8, 4) is 17.0 Å². The van der Waals surface area contributed by atoms with Crippen LogP contribution in [0.1, 0.15) is 45.8 Å². The minimum Gasteiger partial charge on any atom is -0.491 e. The topological polar surface area (TPSA) is 121 Å². The Balaban J connectivity index is 1.22. The van der Waals surface area contributed by atoms with Gasteiger partial charge in [-0.2, -0.15) is 0 Å². The highest BCUT2D eigenvalue weighted by atomic mass is 32.1. The molecule has 1 aliphatic rings. The third-order valence-electron chi connectivity index (χ3n) is 6.59. The number of amides is 2. The Bertz CT molecular complexity index is 1480. The molecular formula is C29H35N7O3S. The smallest absolute Gasteiger partial charge is 0.324 e. The van der Waals surface area contributed by atoms with Crippen molar-refractivity contribution in [3.05, 3.63) is 60.1 Å². The summed E-state index contributed by atoms with van der Waals surface area (Å²) in [4.78, 5) is 27.1. The first kappa shape index (κ1) is 27.6. The number of ether oxygens (including phenoxy) is 1. The van der Waals surface area contributed by atoms with E-state index in [1.807, 2.05) is 56.5 Å². The minimum absolute atomic E-state index is 0.191. The Hall–Kier alpha value is -3.96. The van der Waals surface area contributed by atoms with Crippen molar-refractivity contribution in [2.24, 2.45) is 0 Å². The van der Waals surface area contributed by atoms with Crippen LogP contribution in [0.15, 0.2) is 58.8 Å². The maximum Gasteiger partial charge on any atom is 0.324 e. The van der Waals surface area contributed by atoms with E-state index in [1.165, 1.54) is 30.6 Å². The molecule has 1 fully saturated rings. The van der Waals surface area contributed by atoms with Crippen molar-refractivity contribution in [3.63, 3.8) is 0 Å². The number of H-pyrrole nitrogens is 1. The molecule has 0 radical (unpaired) electrons. The molecule has 3 aromatic heterocycles. The molecule has 0 saturated carbocycles. The van der Waals surface area contributed by atoms with Crippen LogP contribution in [0.3, 0.4) is 0 Å². The van der Waals surface area contributed by atoms with Crippen LogP contribution in [0.5, 0.6) is 5.75 Å².